The van der Waals surface area contributed by atoms with E-state index in [4.69, 9.17) is 0 Å². The van der Waals surface area contributed by atoms with Crippen molar-refractivity contribution in [1.82, 2.24) is 0 Å². The third kappa shape index (κ3) is 1.58. The maximum Gasteiger partial charge on any atom is 0.290 e. The summed E-state index contributed by atoms with van der Waals surface area (Å²) in [6, 6.07) is 0. The van der Waals surface area contributed by atoms with Gasteiger partial charge in [-0.05, 0) is 6.42 Å². The Hall–Kier alpha value is -1.32. The summed E-state index contributed by atoms with van der Waals surface area (Å²) < 4.78 is 0. The monoisotopic (exact) mass is 138 g/mol. The highest BCUT2D eigenvalue weighted by Gasteiger charge is 2.06. The molecule has 0 aliphatic carbocycles. The minimum atomic E-state index is -0.333. The van der Waals surface area contributed by atoms with Gasteiger partial charge in [-0.15, -0.1) is 5.11 Å². The molecular weight excluding hydrogens is 132 g/mol. The van der Waals surface area contributed by atoms with E-state index < -0.39 is 0 Å². The van der Waals surface area contributed by atoms with E-state index in [1.165, 1.54) is 6.08 Å². The highest BCUT2D eigenvalue weighted by molar-refractivity contribution is 5.90. The van der Waals surface area contributed by atoms with Crippen molar-refractivity contribution < 1.29 is 9.59 Å². The fourth-order valence-corrected chi connectivity index (χ4v) is 0.643. The van der Waals surface area contributed by atoms with Gasteiger partial charge in [-0.25, -0.2) is 0 Å². The largest absolute Gasteiger partial charge is 0.303 e. The Morgan fingerprint density at radius 3 is 2.80 bits per heavy atom. The average molecular weight is 138 g/mol. The molecule has 1 rings (SSSR count). The van der Waals surface area contributed by atoms with Gasteiger partial charge in [0.05, 0.1) is 5.70 Å². The van der Waals surface area contributed by atoms with Crippen LogP contribution in [0.1, 0.15) is 12.8 Å². The van der Waals surface area contributed by atoms with Crippen LogP contribution in [0.15, 0.2) is 22.0 Å². The summed E-state index contributed by atoms with van der Waals surface area (Å²) >= 11 is 0. The van der Waals surface area contributed by atoms with Crippen LogP contribution in [-0.4, -0.2) is 12.2 Å². The van der Waals surface area contributed by atoms with Gasteiger partial charge in [0.1, 0.15) is 6.29 Å². The molecule has 1 aliphatic rings. The fraction of sp³-hybridized carbons (Fsp3) is 0.333. The van der Waals surface area contributed by atoms with Crippen molar-refractivity contribution in [2.24, 2.45) is 10.2 Å². The van der Waals surface area contributed by atoms with Crippen molar-refractivity contribution in [3.05, 3.63) is 11.8 Å². The second kappa shape index (κ2) is 3.00. The molecule has 4 nitrogen and oxygen atoms in total. The molecule has 0 N–H and O–H groups in total. The Morgan fingerprint density at radius 2 is 2.30 bits per heavy atom. The quantitative estimate of drug-likeness (QED) is 0.542. The number of hydrogen-bond acceptors (Lipinski definition) is 3. The molecule has 0 radical (unpaired) electrons. The maximum atomic E-state index is 10.4. The van der Waals surface area contributed by atoms with Crippen LogP contribution in [0.3, 0.4) is 0 Å². The van der Waals surface area contributed by atoms with E-state index in [-0.39, 0.29) is 5.91 Å². The predicted octanol–water partition coefficient (Wildman–Crippen LogP) is 0.842. The normalized spacial score (nSPS) is 15.6. The lowest BCUT2D eigenvalue weighted by molar-refractivity contribution is -0.113. The molecule has 0 saturated carbocycles. The summed E-state index contributed by atoms with van der Waals surface area (Å²) in [4.78, 5) is 20.3. The molecule has 10 heavy (non-hydrogen) atoms. The number of nitrogens with zero attached hydrogens (tertiary/aromatic N) is 2. The molecule has 1 heterocycles. The zero-order valence-electron chi connectivity index (χ0n) is 5.28. The molecule has 0 unspecified atom stereocenters. The van der Waals surface area contributed by atoms with Crippen LogP contribution in [0, 0.1) is 0 Å². The molecule has 4 heteroatoms. The summed E-state index contributed by atoms with van der Waals surface area (Å²) in [5.74, 6) is -0.333. The van der Waals surface area contributed by atoms with Crippen LogP contribution in [0.4, 0.5) is 0 Å². The van der Waals surface area contributed by atoms with E-state index in [2.05, 4.69) is 10.2 Å². The van der Waals surface area contributed by atoms with E-state index in [1.807, 2.05) is 0 Å². The van der Waals surface area contributed by atoms with Crippen molar-refractivity contribution in [3.8, 4) is 0 Å². The zero-order chi connectivity index (χ0) is 7.40. The summed E-state index contributed by atoms with van der Waals surface area (Å²) in [6.07, 6.45) is 3.04. The number of hydrogen-bond donors (Lipinski definition) is 0. The molecule has 0 aromatic carbocycles. The number of aldehydes is 1. The van der Waals surface area contributed by atoms with Gasteiger partial charge in [0.2, 0.25) is 0 Å². The Labute approximate surface area is 57.6 Å². The highest BCUT2D eigenvalue weighted by atomic mass is 16.1. The standard InChI is InChI=1S/C6H6N2O2/c9-3-1-2-5-4-6(10)8-7-5/h3-4H,1-2H2. The second-order valence-corrected chi connectivity index (χ2v) is 1.88. The summed E-state index contributed by atoms with van der Waals surface area (Å²) in [7, 11) is 0. The van der Waals surface area contributed by atoms with Gasteiger partial charge in [0.25, 0.3) is 5.91 Å². The van der Waals surface area contributed by atoms with Gasteiger partial charge in [0.15, 0.2) is 0 Å². The van der Waals surface area contributed by atoms with Crippen molar-refractivity contribution >= 4 is 12.2 Å². The van der Waals surface area contributed by atoms with Crippen molar-refractivity contribution in [3.63, 3.8) is 0 Å². The highest BCUT2D eigenvalue weighted by Crippen LogP contribution is 2.11. The number of carbonyl (C=O) groups excluding carboxylic acids is 2. The van der Waals surface area contributed by atoms with E-state index in [1.54, 1.807) is 0 Å². The first kappa shape index (κ1) is 6.80. The van der Waals surface area contributed by atoms with Crippen LogP contribution >= 0.6 is 0 Å². The lowest BCUT2D eigenvalue weighted by Gasteiger charge is -1.86. The molecule has 0 aromatic heterocycles. The van der Waals surface area contributed by atoms with E-state index >= 15 is 0 Å². The van der Waals surface area contributed by atoms with Crippen molar-refractivity contribution in [2.45, 2.75) is 12.8 Å². The summed E-state index contributed by atoms with van der Waals surface area (Å²) in [5, 5.41) is 6.78. The number of rotatable bonds is 3. The van der Waals surface area contributed by atoms with Crippen LogP contribution in [0.2, 0.25) is 0 Å². The van der Waals surface area contributed by atoms with Gasteiger partial charge >= 0.3 is 0 Å². The molecule has 52 valence electrons. The van der Waals surface area contributed by atoms with Crippen molar-refractivity contribution in [1.29, 1.82) is 0 Å². The van der Waals surface area contributed by atoms with E-state index in [0.29, 0.717) is 18.5 Å². The first-order valence-corrected chi connectivity index (χ1v) is 2.93. The zero-order valence-corrected chi connectivity index (χ0v) is 5.28. The predicted molar refractivity (Wildman–Crippen MR) is 33.2 cm³/mol. The Kier molecular flexibility index (Phi) is 2.04. The van der Waals surface area contributed by atoms with Gasteiger partial charge < -0.3 is 4.79 Å². The first-order valence-electron chi connectivity index (χ1n) is 2.93. The fourth-order valence-electron chi connectivity index (χ4n) is 0.643. The molecule has 0 spiro atoms. The Bertz CT molecular complexity index is 218. The molecule has 0 aromatic rings. The second-order valence-electron chi connectivity index (χ2n) is 1.88. The third-order valence-electron chi connectivity index (χ3n) is 1.09. The number of azo groups is 1. The molecule has 0 bridgehead atoms. The minimum absolute atomic E-state index is 0.333. The third-order valence-corrected chi connectivity index (χ3v) is 1.09. The molecule has 0 saturated heterocycles. The Balaban J connectivity index is 2.43. The van der Waals surface area contributed by atoms with Crippen LogP contribution < -0.4 is 0 Å². The molecule has 0 atom stereocenters. The van der Waals surface area contributed by atoms with E-state index in [0.717, 1.165) is 6.29 Å². The van der Waals surface area contributed by atoms with Crippen LogP contribution in [0.25, 0.3) is 0 Å². The minimum Gasteiger partial charge on any atom is -0.303 e. The van der Waals surface area contributed by atoms with Gasteiger partial charge in [-0.3, -0.25) is 4.79 Å². The molecule has 1 aliphatic heterocycles. The lowest BCUT2D eigenvalue weighted by atomic mass is 10.2. The van der Waals surface area contributed by atoms with Crippen LogP contribution in [0.5, 0.6) is 0 Å². The number of carbonyl (C=O) groups is 2. The smallest absolute Gasteiger partial charge is 0.290 e. The van der Waals surface area contributed by atoms with Gasteiger partial charge in [0, 0.05) is 12.5 Å². The maximum absolute atomic E-state index is 10.4. The average Bonchev–Trinajstić information content (AvgIpc) is 2.31. The van der Waals surface area contributed by atoms with Crippen molar-refractivity contribution in [2.75, 3.05) is 0 Å². The topological polar surface area (TPSA) is 58.9 Å². The first-order chi connectivity index (χ1) is 4.83. The molecule has 0 fully saturated rings. The summed E-state index contributed by atoms with van der Waals surface area (Å²) in [5.41, 5.74) is 0.595. The van der Waals surface area contributed by atoms with Crippen LogP contribution in [-0.2, 0) is 9.59 Å². The molecule has 1 amide bonds. The molecular formula is C6H6N2O2. The van der Waals surface area contributed by atoms with E-state index in [9.17, 15) is 9.59 Å². The van der Waals surface area contributed by atoms with Gasteiger partial charge in [-0.2, -0.15) is 5.11 Å². The number of allylic oxidation sites excluding steroid dienone is 1. The summed E-state index contributed by atoms with van der Waals surface area (Å²) in [6.45, 7) is 0. The Morgan fingerprint density at radius 1 is 1.50 bits per heavy atom. The van der Waals surface area contributed by atoms with Gasteiger partial charge in [-0.1, -0.05) is 0 Å². The SMILES string of the molecule is O=CCCC1=CC(=O)N=N1. The lowest BCUT2D eigenvalue weighted by Crippen LogP contribution is -1.80. The number of amides is 1.